The lowest BCUT2D eigenvalue weighted by molar-refractivity contribution is -0.152. The predicted molar refractivity (Wildman–Crippen MR) is 125 cm³/mol. The largest absolute Gasteiger partial charge is 0.469 e. The van der Waals surface area contributed by atoms with Crippen molar-refractivity contribution in [3.05, 3.63) is 71.8 Å². The van der Waals surface area contributed by atoms with Crippen LogP contribution in [-0.4, -0.2) is 19.1 Å². The summed E-state index contributed by atoms with van der Waals surface area (Å²) >= 11 is 0. The minimum atomic E-state index is -0.611. The van der Waals surface area contributed by atoms with Gasteiger partial charge < -0.3 is 10.1 Å². The average Bonchev–Trinajstić information content (AvgIpc) is 2.78. The fourth-order valence-electron chi connectivity index (χ4n) is 4.06. The molecule has 2 aromatic rings. The molecule has 164 valence electrons. The number of carbonyl (C=O) groups excluding carboxylic acids is 1. The number of ether oxygens (including phenoxy) is 1. The molecule has 0 fully saturated rings. The van der Waals surface area contributed by atoms with Crippen molar-refractivity contribution in [1.82, 2.24) is 5.32 Å². The normalized spacial score (nSPS) is 12.7. The molecule has 0 amide bonds. The number of nitrogens with one attached hydrogen (secondary N) is 1. The second-order valence-electron chi connectivity index (χ2n) is 8.74. The van der Waals surface area contributed by atoms with Gasteiger partial charge in [-0.25, -0.2) is 0 Å². The quantitative estimate of drug-likeness (QED) is 0.296. The molecule has 0 spiro atoms. The molecule has 0 saturated carbocycles. The number of benzene rings is 2. The summed E-state index contributed by atoms with van der Waals surface area (Å²) < 4.78 is 5.17. The van der Waals surface area contributed by atoms with Gasteiger partial charge in [0.2, 0.25) is 0 Å². The van der Waals surface area contributed by atoms with E-state index in [0.29, 0.717) is 0 Å². The molecule has 0 aliphatic carbocycles. The second-order valence-corrected chi connectivity index (χ2v) is 8.74. The van der Waals surface area contributed by atoms with Crippen molar-refractivity contribution in [2.24, 2.45) is 5.41 Å². The standard InChI is InChI=1S/C27H39NO2/c1-5-6-7-8-9-16-21-24(27(2,3)26(29)30-4)28-25(22-17-12-10-13-18-22)23-19-14-11-15-20-23/h10-15,17-20,24-25,28H,5-9,16,21H2,1-4H3. The molecule has 0 heterocycles. The lowest BCUT2D eigenvalue weighted by Crippen LogP contribution is -2.48. The lowest BCUT2D eigenvalue weighted by Gasteiger charge is -2.36. The maximum Gasteiger partial charge on any atom is 0.312 e. The molecule has 1 atom stereocenters. The second kappa shape index (κ2) is 12.5. The van der Waals surface area contributed by atoms with Gasteiger partial charge in [0.05, 0.1) is 18.6 Å². The van der Waals surface area contributed by atoms with Crippen LogP contribution in [0.3, 0.4) is 0 Å². The molecule has 0 saturated heterocycles. The first-order valence-corrected chi connectivity index (χ1v) is 11.4. The van der Waals surface area contributed by atoms with Crippen LogP contribution in [-0.2, 0) is 9.53 Å². The Hall–Kier alpha value is -2.13. The van der Waals surface area contributed by atoms with Gasteiger partial charge in [-0.2, -0.15) is 0 Å². The molecule has 0 aromatic heterocycles. The topological polar surface area (TPSA) is 38.3 Å². The minimum Gasteiger partial charge on any atom is -0.469 e. The van der Waals surface area contributed by atoms with E-state index in [-0.39, 0.29) is 18.1 Å². The van der Waals surface area contributed by atoms with Crippen LogP contribution in [0.4, 0.5) is 0 Å². The Morgan fingerprint density at radius 3 is 1.87 bits per heavy atom. The van der Waals surface area contributed by atoms with Gasteiger partial charge in [-0.1, -0.05) is 106 Å². The summed E-state index contributed by atoms with van der Waals surface area (Å²) in [5.74, 6) is -0.161. The summed E-state index contributed by atoms with van der Waals surface area (Å²) in [7, 11) is 1.48. The number of methoxy groups -OCH3 is 1. The molecule has 2 rings (SSSR count). The summed E-state index contributed by atoms with van der Waals surface area (Å²) in [4.78, 5) is 12.6. The number of hydrogen-bond donors (Lipinski definition) is 1. The Bertz CT molecular complexity index is 688. The zero-order chi connectivity index (χ0) is 21.8. The monoisotopic (exact) mass is 409 g/mol. The third kappa shape index (κ3) is 6.98. The van der Waals surface area contributed by atoms with Crippen molar-refractivity contribution in [3.8, 4) is 0 Å². The van der Waals surface area contributed by atoms with Crippen LogP contribution in [0.2, 0.25) is 0 Å². The summed E-state index contributed by atoms with van der Waals surface area (Å²) in [6.07, 6.45) is 8.39. The molecule has 3 heteroatoms. The Balaban J connectivity index is 2.22. The van der Waals surface area contributed by atoms with E-state index in [4.69, 9.17) is 4.74 Å². The van der Waals surface area contributed by atoms with Crippen molar-refractivity contribution in [2.75, 3.05) is 7.11 Å². The molecule has 2 aromatic carbocycles. The maximum atomic E-state index is 12.6. The van der Waals surface area contributed by atoms with Crippen LogP contribution in [0.25, 0.3) is 0 Å². The molecular formula is C27H39NO2. The first-order valence-electron chi connectivity index (χ1n) is 11.4. The molecule has 3 nitrogen and oxygen atoms in total. The first kappa shape index (κ1) is 24.1. The van der Waals surface area contributed by atoms with Crippen LogP contribution in [0.1, 0.15) is 82.9 Å². The molecule has 30 heavy (non-hydrogen) atoms. The summed E-state index contributed by atoms with van der Waals surface area (Å²) in [6.45, 7) is 6.24. The Morgan fingerprint density at radius 1 is 0.867 bits per heavy atom. The van der Waals surface area contributed by atoms with Gasteiger partial charge in [-0.05, 0) is 31.4 Å². The highest BCUT2D eigenvalue weighted by Gasteiger charge is 2.38. The molecule has 0 radical (unpaired) electrons. The van der Waals surface area contributed by atoms with Gasteiger partial charge in [0.15, 0.2) is 0 Å². The van der Waals surface area contributed by atoms with Crippen molar-refractivity contribution in [1.29, 1.82) is 0 Å². The fourth-order valence-corrected chi connectivity index (χ4v) is 4.06. The Kier molecular flexibility index (Phi) is 10.1. The molecule has 0 bridgehead atoms. The number of carbonyl (C=O) groups is 1. The zero-order valence-electron chi connectivity index (χ0n) is 19.2. The average molecular weight is 410 g/mol. The zero-order valence-corrected chi connectivity index (χ0v) is 19.2. The Labute approximate surface area is 183 Å². The molecule has 1 unspecified atom stereocenters. The number of esters is 1. The highest BCUT2D eigenvalue weighted by Crippen LogP contribution is 2.31. The van der Waals surface area contributed by atoms with Crippen LogP contribution >= 0.6 is 0 Å². The van der Waals surface area contributed by atoms with E-state index < -0.39 is 5.41 Å². The lowest BCUT2D eigenvalue weighted by atomic mass is 9.80. The van der Waals surface area contributed by atoms with E-state index in [1.807, 2.05) is 26.0 Å². The van der Waals surface area contributed by atoms with Gasteiger partial charge in [0.1, 0.15) is 0 Å². The summed E-state index contributed by atoms with van der Waals surface area (Å²) in [6, 6.07) is 21.0. The van der Waals surface area contributed by atoms with Gasteiger partial charge in [0.25, 0.3) is 0 Å². The minimum absolute atomic E-state index is 0.0153. The third-order valence-corrected chi connectivity index (χ3v) is 6.06. The van der Waals surface area contributed by atoms with Gasteiger partial charge in [0, 0.05) is 6.04 Å². The smallest absolute Gasteiger partial charge is 0.312 e. The van der Waals surface area contributed by atoms with Gasteiger partial charge in [-0.3, -0.25) is 4.79 Å². The number of rotatable bonds is 13. The third-order valence-electron chi connectivity index (χ3n) is 6.06. The molecule has 0 aliphatic rings. The van der Waals surface area contributed by atoms with Gasteiger partial charge in [-0.15, -0.1) is 0 Å². The first-order chi connectivity index (χ1) is 14.5. The van der Waals surface area contributed by atoms with E-state index >= 15 is 0 Å². The highest BCUT2D eigenvalue weighted by atomic mass is 16.5. The van der Waals surface area contributed by atoms with Crippen molar-refractivity contribution in [2.45, 2.75) is 77.8 Å². The van der Waals surface area contributed by atoms with E-state index in [0.717, 1.165) is 12.8 Å². The van der Waals surface area contributed by atoms with Crippen molar-refractivity contribution < 1.29 is 9.53 Å². The fraction of sp³-hybridized carbons (Fsp3) is 0.519. The molecular weight excluding hydrogens is 370 g/mol. The summed E-state index contributed by atoms with van der Waals surface area (Å²) in [5.41, 5.74) is 1.80. The summed E-state index contributed by atoms with van der Waals surface area (Å²) in [5, 5.41) is 3.84. The van der Waals surface area contributed by atoms with E-state index in [1.165, 1.54) is 50.3 Å². The van der Waals surface area contributed by atoms with E-state index in [9.17, 15) is 4.79 Å². The number of unbranched alkanes of at least 4 members (excludes halogenated alkanes) is 5. The van der Waals surface area contributed by atoms with Crippen LogP contribution < -0.4 is 5.32 Å². The van der Waals surface area contributed by atoms with Gasteiger partial charge >= 0.3 is 5.97 Å². The van der Waals surface area contributed by atoms with Crippen LogP contribution in [0.5, 0.6) is 0 Å². The predicted octanol–water partition coefficient (Wildman–Crippen LogP) is 6.68. The van der Waals surface area contributed by atoms with Crippen molar-refractivity contribution >= 4 is 5.97 Å². The Morgan fingerprint density at radius 2 is 1.37 bits per heavy atom. The number of hydrogen-bond acceptors (Lipinski definition) is 3. The van der Waals surface area contributed by atoms with E-state index in [2.05, 4.69) is 60.8 Å². The van der Waals surface area contributed by atoms with E-state index in [1.54, 1.807) is 0 Å². The molecule has 1 N–H and O–H groups in total. The van der Waals surface area contributed by atoms with Crippen molar-refractivity contribution in [3.63, 3.8) is 0 Å². The SMILES string of the molecule is CCCCCCCCC(NC(c1ccccc1)c1ccccc1)C(C)(C)C(=O)OC. The van der Waals surface area contributed by atoms with Crippen LogP contribution in [0.15, 0.2) is 60.7 Å². The highest BCUT2D eigenvalue weighted by molar-refractivity contribution is 5.76. The molecule has 0 aliphatic heterocycles. The maximum absolute atomic E-state index is 12.6. The van der Waals surface area contributed by atoms with Crippen LogP contribution in [0, 0.1) is 5.41 Å².